The van der Waals surface area contributed by atoms with Crippen LogP contribution in [-0.2, 0) is 6.42 Å². The quantitative estimate of drug-likeness (QED) is 0.347. The number of allylic oxidation sites excluding steroid dienone is 2. The molecule has 160 valence electrons. The third-order valence-electron chi connectivity index (χ3n) is 7.39. The summed E-state index contributed by atoms with van der Waals surface area (Å²) >= 11 is 0. The van der Waals surface area contributed by atoms with Crippen molar-refractivity contribution in [3.05, 3.63) is 95.8 Å². The van der Waals surface area contributed by atoms with Gasteiger partial charge in [-0.1, -0.05) is 42.2 Å². The Morgan fingerprint density at radius 1 is 0.871 bits per heavy atom. The lowest BCUT2D eigenvalue weighted by molar-refractivity contribution is 0.133. The van der Waals surface area contributed by atoms with Crippen molar-refractivity contribution in [2.75, 3.05) is 0 Å². The summed E-state index contributed by atoms with van der Waals surface area (Å²) in [4.78, 5) is 0. The van der Waals surface area contributed by atoms with E-state index in [1.807, 2.05) is 18.2 Å². The fourth-order valence-corrected chi connectivity index (χ4v) is 5.51. The third kappa shape index (κ3) is 5.37. The Bertz CT molecular complexity index is 972. The van der Waals surface area contributed by atoms with Gasteiger partial charge in [0.05, 0.1) is 0 Å². The zero-order valence-electron chi connectivity index (χ0n) is 18.5. The number of hydrogen-bond donors (Lipinski definition) is 0. The highest BCUT2D eigenvalue weighted by Crippen LogP contribution is 2.47. The molecule has 1 heteroatoms. The first-order valence-corrected chi connectivity index (χ1v) is 11.8. The Labute approximate surface area is 187 Å². The first kappa shape index (κ1) is 21.6. The Hall–Kier alpha value is -2.59. The molecule has 4 rings (SSSR count). The molecule has 0 N–H and O–H groups in total. The van der Waals surface area contributed by atoms with Gasteiger partial charge in [0.25, 0.3) is 0 Å². The number of halogens is 1. The first-order chi connectivity index (χ1) is 15.2. The molecule has 2 saturated carbocycles. The van der Waals surface area contributed by atoms with E-state index < -0.39 is 0 Å². The molecular weight excluding hydrogens is 379 g/mol. The summed E-state index contributed by atoms with van der Waals surface area (Å²) in [5.74, 6) is 9.35. The van der Waals surface area contributed by atoms with E-state index in [0.717, 1.165) is 40.9 Å². The lowest BCUT2D eigenvalue weighted by Crippen LogP contribution is -2.29. The maximum absolute atomic E-state index is 14.2. The van der Waals surface area contributed by atoms with Crippen LogP contribution in [0.15, 0.2) is 67.8 Å². The van der Waals surface area contributed by atoms with Gasteiger partial charge in [0, 0.05) is 11.1 Å². The fraction of sp³-hybridized carbons (Fsp3) is 0.400. The maximum Gasteiger partial charge on any atom is 0.127 e. The second kappa shape index (κ2) is 10.1. The molecule has 2 aliphatic carbocycles. The number of rotatable bonds is 5. The van der Waals surface area contributed by atoms with Crippen LogP contribution in [0.2, 0.25) is 0 Å². The highest BCUT2D eigenvalue weighted by atomic mass is 19.1. The van der Waals surface area contributed by atoms with E-state index in [1.165, 1.54) is 44.1 Å². The topological polar surface area (TPSA) is 0 Å². The van der Waals surface area contributed by atoms with Gasteiger partial charge in [-0.3, -0.25) is 0 Å². The van der Waals surface area contributed by atoms with Crippen molar-refractivity contribution >= 4 is 0 Å². The SMILES string of the molecule is C=CCCc1ccc(C#Cc2ccc(C3CCC4CC(C=C)CCC4C3)cc2)cc1F. The van der Waals surface area contributed by atoms with E-state index in [0.29, 0.717) is 12.3 Å². The lowest BCUT2D eigenvalue weighted by Gasteiger charge is -2.41. The van der Waals surface area contributed by atoms with Crippen molar-refractivity contribution in [1.82, 2.24) is 0 Å². The normalized spacial score (nSPS) is 25.1. The standard InChI is InChI=1S/C30H33F/c1-3-5-6-26-15-12-24(20-30(26)31)8-7-23-10-13-25(14-11-23)28-18-17-27-19-22(4-2)9-16-29(27)21-28/h3-4,10-15,20,22,27-29H,1-2,5-6,9,16-19,21H2. The predicted octanol–water partition coefficient (Wildman–Crippen LogP) is 7.83. The number of hydrogen-bond acceptors (Lipinski definition) is 0. The van der Waals surface area contributed by atoms with Gasteiger partial charge in [-0.25, -0.2) is 4.39 Å². The molecule has 2 aliphatic rings. The lowest BCUT2D eigenvalue weighted by atomic mass is 9.64. The smallest absolute Gasteiger partial charge is 0.127 e. The summed E-state index contributed by atoms with van der Waals surface area (Å²) < 4.78 is 14.2. The van der Waals surface area contributed by atoms with Gasteiger partial charge in [-0.2, -0.15) is 0 Å². The molecule has 2 fully saturated rings. The summed E-state index contributed by atoms with van der Waals surface area (Å²) in [6.07, 6.45) is 13.5. The largest absolute Gasteiger partial charge is 0.207 e. The molecule has 0 spiro atoms. The molecule has 2 aromatic rings. The van der Waals surface area contributed by atoms with Gasteiger partial charge < -0.3 is 0 Å². The van der Waals surface area contributed by atoms with Crippen LogP contribution >= 0.6 is 0 Å². The molecule has 0 saturated heterocycles. The van der Waals surface area contributed by atoms with Crippen molar-refractivity contribution in [2.45, 2.75) is 57.3 Å². The Kier molecular flexibility index (Phi) is 7.08. The highest BCUT2D eigenvalue weighted by molar-refractivity contribution is 5.44. The Balaban J connectivity index is 1.38. The molecule has 31 heavy (non-hydrogen) atoms. The van der Waals surface area contributed by atoms with Crippen LogP contribution in [0, 0.1) is 35.4 Å². The molecule has 0 bridgehead atoms. The maximum atomic E-state index is 14.2. The van der Waals surface area contributed by atoms with Crippen molar-refractivity contribution in [2.24, 2.45) is 17.8 Å². The van der Waals surface area contributed by atoms with E-state index in [9.17, 15) is 4.39 Å². The summed E-state index contributed by atoms with van der Waals surface area (Å²) in [5, 5.41) is 0. The molecular formula is C30H33F. The molecule has 0 heterocycles. The fourth-order valence-electron chi connectivity index (χ4n) is 5.51. The van der Waals surface area contributed by atoms with Gasteiger partial charge >= 0.3 is 0 Å². The van der Waals surface area contributed by atoms with Gasteiger partial charge in [0.2, 0.25) is 0 Å². The Morgan fingerprint density at radius 3 is 2.32 bits per heavy atom. The second-order valence-electron chi connectivity index (χ2n) is 9.34. The zero-order valence-corrected chi connectivity index (χ0v) is 18.5. The first-order valence-electron chi connectivity index (χ1n) is 11.8. The van der Waals surface area contributed by atoms with Gasteiger partial charge in [0.1, 0.15) is 5.82 Å². The third-order valence-corrected chi connectivity index (χ3v) is 7.39. The van der Waals surface area contributed by atoms with Gasteiger partial charge in [0.15, 0.2) is 0 Å². The number of aryl methyl sites for hydroxylation is 1. The number of fused-ring (bicyclic) bond motifs is 1. The van der Waals surface area contributed by atoms with Crippen molar-refractivity contribution in [3.8, 4) is 11.8 Å². The summed E-state index contributed by atoms with van der Waals surface area (Å²) in [6.45, 7) is 7.71. The minimum absolute atomic E-state index is 0.179. The predicted molar refractivity (Wildman–Crippen MR) is 128 cm³/mol. The van der Waals surface area contributed by atoms with Crippen LogP contribution in [0.1, 0.15) is 73.1 Å². The second-order valence-corrected chi connectivity index (χ2v) is 9.34. The van der Waals surface area contributed by atoms with Crippen molar-refractivity contribution in [1.29, 1.82) is 0 Å². The van der Waals surface area contributed by atoms with E-state index in [4.69, 9.17) is 0 Å². The summed E-state index contributed by atoms with van der Waals surface area (Å²) in [5.41, 5.74) is 3.88. The van der Waals surface area contributed by atoms with Crippen LogP contribution in [0.25, 0.3) is 0 Å². The molecule has 2 aromatic carbocycles. The summed E-state index contributed by atoms with van der Waals surface area (Å²) in [6, 6.07) is 14.0. The minimum Gasteiger partial charge on any atom is -0.207 e. The average Bonchev–Trinajstić information content (AvgIpc) is 2.82. The van der Waals surface area contributed by atoms with Crippen LogP contribution < -0.4 is 0 Å². The minimum atomic E-state index is -0.179. The van der Waals surface area contributed by atoms with Crippen molar-refractivity contribution in [3.63, 3.8) is 0 Å². The monoisotopic (exact) mass is 412 g/mol. The molecule has 4 unspecified atom stereocenters. The van der Waals surface area contributed by atoms with Crippen LogP contribution in [0.4, 0.5) is 4.39 Å². The van der Waals surface area contributed by atoms with Crippen LogP contribution in [0.5, 0.6) is 0 Å². The Morgan fingerprint density at radius 2 is 1.58 bits per heavy atom. The van der Waals surface area contributed by atoms with E-state index >= 15 is 0 Å². The van der Waals surface area contributed by atoms with Crippen LogP contribution in [-0.4, -0.2) is 0 Å². The molecule has 0 aromatic heterocycles. The summed E-state index contributed by atoms with van der Waals surface area (Å²) in [7, 11) is 0. The molecule has 0 radical (unpaired) electrons. The molecule has 0 aliphatic heterocycles. The van der Waals surface area contributed by atoms with Crippen LogP contribution in [0.3, 0.4) is 0 Å². The van der Waals surface area contributed by atoms with E-state index in [2.05, 4.69) is 55.3 Å². The average molecular weight is 413 g/mol. The zero-order chi connectivity index (χ0) is 21.6. The van der Waals surface area contributed by atoms with E-state index in [1.54, 1.807) is 6.07 Å². The van der Waals surface area contributed by atoms with Gasteiger partial charge in [-0.15, -0.1) is 13.2 Å². The van der Waals surface area contributed by atoms with Gasteiger partial charge in [-0.05, 0) is 110 Å². The van der Waals surface area contributed by atoms with E-state index in [-0.39, 0.29) is 5.82 Å². The number of benzene rings is 2. The van der Waals surface area contributed by atoms with Crippen molar-refractivity contribution < 1.29 is 4.39 Å². The molecule has 0 nitrogen and oxygen atoms in total. The molecule has 4 atom stereocenters. The highest BCUT2D eigenvalue weighted by Gasteiger charge is 2.35. The molecule has 0 amide bonds.